The molecule has 4 rings (SSSR count). The standard InChI is InChI=1S/C18H11NOS2/c20-17-16(22-18(21)19-17)10-15-13-7-3-1-5-11(13)9-12-6-2-4-8-14(12)15/h1-10H,(H,19,20,21). The normalized spacial score (nSPS) is 16.6. The number of hydrogen-bond acceptors (Lipinski definition) is 3. The van der Waals surface area contributed by atoms with Gasteiger partial charge in [-0.1, -0.05) is 72.5 Å². The van der Waals surface area contributed by atoms with Crippen molar-refractivity contribution >= 4 is 61.8 Å². The molecule has 106 valence electrons. The van der Waals surface area contributed by atoms with Crippen molar-refractivity contribution in [1.29, 1.82) is 0 Å². The second-order valence-corrected chi connectivity index (χ2v) is 6.80. The zero-order chi connectivity index (χ0) is 15.1. The number of carbonyl (C=O) groups is 1. The van der Waals surface area contributed by atoms with Crippen LogP contribution in [0.3, 0.4) is 0 Å². The Morgan fingerprint density at radius 1 is 0.955 bits per heavy atom. The molecule has 1 aliphatic heterocycles. The van der Waals surface area contributed by atoms with E-state index < -0.39 is 0 Å². The van der Waals surface area contributed by atoms with Crippen LogP contribution in [-0.4, -0.2) is 10.2 Å². The van der Waals surface area contributed by atoms with E-state index in [1.54, 1.807) is 0 Å². The Balaban J connectivity index is 2.07. The first kappa shape index (κ1) is 13.5. The van der Waals surface area contributed by atoms with Crippen LogP contribution in [0, 0.1) is 0 Å². The molecule has 3 aromatic rings. The summed E-state index contributed by atoms with van der Waals surface area (Å²) in [4.78, 5) is 12.6. The number of carbonyl (C=O) groups excluding carboxylic acids is 1. The Labute approximate surface area is 137 Å². The lowest BCUT2D eigenvalue weighted by Gasteiger charge is -2.08. The summed E-state index contributed by atoms with van der Waals surface area (Å²) < 4.78 is 0.515. The molecule has 0 unspecified atom stereocenters. The molecular formula is C18H11NOS2. The van der Waals surface area contributed by atoms with Crippen molar-refractivity contribution in [2.45, 2.75) is 0 Å². The van der Waals surface area contributed by atoms with Crippen LogP contribution in [0.25, 0.3) is 27.6 Å². The Kier molecular flexibility index (Phi) is 3.21. The highest BCUT2D eigenvalue weighted by Gasteiger charge is 2.22. The van der Waals surface area contributed by atoms with Gasteiger partial charge in [-0.3, -0.25) is 4.79 Å². The summed E-state index contributed by atoms with van der Waals surface area (Å²) in [6, 6.07) is 18.6. The predicted octanol–water partition coefficient (Wildman–Crippen LogP) is 4.48. The van der Waals surface area contributed by atoms with E-state index in [9.17, 15) is 4.79 Å². The summed E-state index contributed by atoms with van der Waals surface area (Å²) >= 11 is 6.39. The van der Waals surface area contributed by atoms with E-state index in [4.69, 9.17) is 12.2 Å². The summed E-state index contributed by atoms with van der Waals surface area (Å²) in [5, 5.41) is 7.28. The highest BCUT2D eigenvalue weighted by atomic mass is 32.2. The van der Waals surface area contributed by atoms with Gasteiger partial charge in [-0.2, -0.15) is 0 Å². The number of benzene rings is 3. The molecule has 0 radical (unpaired) electrons. The smallest absolute Gasteiger partial charge is 0.263 e. The van der Waals surface area contributed by atoms with Gasteiger partial charge in [0.2, 0.25) is 0 Å². The number of nitrogens with one attached hydrogen (secondary N) is 1. The van der Waals surface area contributed by atoms with E-state index >= 15 is 0 Å². The van der Waals surface area contributed by atoms with Crippen LogP contribution in [0.5, 0.6) is 0 Å². The third-order valence-corrected chi connectivity index (χ3v) is 4.89. The maximum atomic E-state index is 12.0. The fraction of sp³-hybridized carbons (Fsp3) is 0. The van der Waals surface area contributed by atoms with E-state index in [0.717, 1.165) is 16.3 Å². The Hall–Kier alpha value is -2.17. The highest BCUT2D eigenvalue weighted by Crippen LogP contribution is 2.33. The molecule has 0 saturated carbocycles. The zero-order valence-corrected chi connectivity index (χ0v) is 13.1. The molecule has 1 aliphatic rings. The summed E-state index contributed by atoms with van der Waals surface area (Å²) in [5.41, 5.74) is 1.07. The molecule has 1 heterocycles. The SMILES string of the molecule is O=C1NC(=S)SC1=Cc1c2ccccc2cc2ccccc12. The molecule has 1 fully saturated rings. The van der Waals surface area contributed by atoms with Gasteiger partial charge in [0.15, 0.2) is 0 Å². The fourth-order valence-corrected chi connectivity index (χ4v) is 3.78. The van der Waals surface area contributed by atoms with Crippen molar-refractivity contribution in [2.24, 2.45) is 0 Å². The lowest BCUT2D eigenvalue weighted by molar-refractivity contribution is -0.115. The topological polar surface area (TPSA) is 29.1 Å². The van der Waals surface area contributed by atoms with E-state index in [1.807, 2.05) is 30.3 Å². The molecule has 0 aliphatic carbocycles. The van der Waals surface area contributed by atoms with Crippen molar-refractivity contribution in [1.82, 2.24) is 5.32 Å². The van der Waals surface area contributed by atoms with Gasteiger partial charge < -0.3 is 5.32 Å². The quantitative estimate of drug-likeness (QED) is 0.407. The molecule has 3 aromatic carbocycles. The average Bonchev–Trinajstić information content (AvgIpc) is 2.84. The Morgan fingerprint density at radius 2 is 1.55 bits per heavy atom. The molecule has 0 bridgehead atoms. The average molecular weight is 321 g/mol. The largest absolute Gasteiger partial charge is 0.307 e. The van der Waals surface area contributed by atoms with E-state index in [2.05, 4.69) is 35.6 Å². The summed E-state index contributed by atoms with van der Waals surface area (Å²) in [5.74, 6) is -0.119. The van der Waals surface area contributed by atoms with Crippen LogP contribution >= 0.6 is 24.0 Å². The van der Waals surface area contributed by atoms with Crippen LogP contribution in [0.4, 0.5) is 0 Å². The van der Waals surface area contributed by atoms with Crippen molar-refractivity contribution in [2.75, 3.05) is 0 Å². The van der Waals surface area contributed by atoms with E-state index in [-0.39, 0.29) is 5.91 Å². The summed E-state index contributed by atoms with van der Waals surface area (Å²) in [7, 11) is 0. The van der Waals surface area contributed by atoms with Gasteiger partial charge in [-0.15, -0.1) is 0 Å². The minimum atomic E-state index is -0.119. The van der Waals surface area contributed by atoms with Gasteiger partial charge >= 0.3 is 0 Å². The van der Waals surface area contributed by atoms with E-state index in [1.165, 1.54) is 22.5 Å². The molecule has 0 aromatic heterocycles. The third-order valence-electron chi connectivity index (χ3n) is 3.73. The molecule has 2 nitrogen and oxygen atoms in total. The van der Waals surface area contributed by atoms with Crippen LogP contribution in [0.2, 0.25) is 0 Å². The summed E-state index contributed by atoms with van der Waals surface area (Å²) in [6.45, 7) is 0. The first-order valence-corrected chi connectivity index (χ1v) is 8.10. The van der Waals surface area contributed by atoms with Crippen LogP contribution in [-0.2, 0) is 4.79 Å². The minimum absolute atomic E-state index is 0.119. The zero-order valence-electron chi connectivity index (χ0n) is 11.5. The number of thiocarbonyl (C=S) groups is 1. The van der Waals surface area contributed by atoms with Crippen LogP contribution in [0.1, 0.15) is 5.56 Å². The minimum Gasteiger partial charge on any atom is -0.307 e. The van der Waals surface area contributed by atoms with Gasteiger partial charge in [0, 0.05) is 0 Å². The fourth-order valence-electron chi connectivity index (χ4n) is 2.76. The molecule has 1 N–H and O–H groups in total. The molecule has 1 amide bonds. The lowest BCUT2D eigenvalue weighted by Crippen LogP contribution is -2.17. The van der Waals surface area contributed by atoms with Crippen molar-refractivity contribution in [3.63, 3.8) is 0 Å². The molecular weight excluding hydrogens is 310 g/mol. The number of fused-ring (bicyclic) bond motifs is 2. The maximum Gasteiger partial charge on any atom is 0.263 e. The number of rotatable bonds is 1. The number of thioether (sulfide) groups is 1. The Bertz CT molecular complexity index is 921. The predicted molar refractivity (Wildman–Crippen MR) is 97.8 cm³/mol. The molecule has 4 heteroatoms. The van der Waals surface area contributed by atoms with Crippen LogP contribution in [0.15, 0.2) is 59.5 Å². The van der Waals surface area contributed by atoms with Crippen molar-refractivity contribution < 1.29 is 4.79 Å². The maximum absolute atomic E-state index is 12.0. The van der Waals surface area contributed by atoms with Gasteiger partial charge in [0.1, 0.15) is 4.32 Å². The van der Waals surface area contributed by atoms with E-state index in [0.29, 0.717) is 9.23 Å². The van der Waals surface area contributed by atoms with Crippen molar-refractivity contribution in [3.8, 4) is 0 Å². The van der Waals surface area contributed by atoms with Gasteiger partial charge in [-0.05, 0) is 39.3 Å². The second kappa shape index (κ2) is 5.23. The number of hydrogen-bond donors (Lipinski definition) is 1. The molecule has 0 spiro atoms. The van der Waals surface area contributed by atoms with Crippen LogP contribution < -0.4 is 5.32 Å². The summed E-state index contributed by atoms with van der Waals surface area (Å²) in [6.07, 6.45) is 1.95. The Morgan fingerprint density at radius 3 is 2.09 bits per heavy atom. The first-order chi connectivity index (χ1) is 10.7. The molecule has 1 saturated heterocycles. The van der Waals surface area contributed by atoms with Gasteiger partial charge in [-0.25, -0.2) is 0 Å². The second-order valence-electron chi connectivity index (χ2n) is 5.08. The third kappa shape index (κ3) is 2.21. The van der Waals surface area contributed by atoms with Gasteiger partial charge in [0.05, 0.1) is 4.91 Å². The monoisotopic (exact) mass is 321 g/mol. The van der Waals surface area contributed by atoms with Gasteiger partial charge in [0.25, 0.3) is 5.91 Å². The molecule has 22 heavy (non-hydrogen) atoms. The first-order valence-electron chi connectivity index (χ1n) is 6.88. The molecule has 0 atom stereocenters. The lowest BCUT2D eigenvalue weighted by atomic mass is 9.96. The van der Waals surface area contributed by atoms with Crippen molar-refractivity contribution in [3.05, 3.63) is 65.1 Å². The number of amides is 1. The highest BCUT2D eigenvalue weighted by molar-refractivity contribution is 8.26.